The molecule has 4 nitrogen and oxygen atoms in total. The Morgan fingerprint density at radius 2 is 1.54 bits per heavy atom. The number of carbonyl (C=O) groups is 2. The highest BCUT2D eigenvalue weighted by molar-refractivity contribution is 5.97. The fraction of sp³-hybridized carbons (Fsp3) is 0.364. The van der Waals surface area contributed by atoms with Gasteiger partial charge in [0, 0.05) is 51.1 Å². The van der Waals surface area contributed by atoms with Crippen LogP contribution >= 0.6 is 0 Å². The quantitative estimate of drug-likeness (QED) is 0.686. The van der Waals surface area contributed by atoms with E-state index < -0.39 is 0 Å². The van der Waals surface area contributed by atoms with Gasteiger partial charge in [0.2, 0.25) is 5.91 Å². The van der Waals surface area contributed by atoms with Gasteiger partial charge in [-0.2, -0.15) is 0 Å². The van der Waals surface area contributed by atoms with Crippen LogP contribution in [0.25, 0.3) is 0 Å². The summed E-state index contributed by atoms with van der Waals surface area (Å²) in [4.78, 5) is 28.5. The standard InChI is InChI=1S/C22H24F2N2O2/c23-19-7-5-18(6-8-19)21(27)9-10-22(28)26-15-13-25(14-16-26)12-11-17-3-1-2-4-20(17)24/h1-8H,9-16H2. The number of amides is 1. The van der Waals surface area contributed by atoms with E-state index in [9.17, 15) is 18.4 Å². The molecule has 0 unspecified atom stereocenters. The lowest BCUT2D eigenvalue weighted by Crippen LogP contribution is -2.49. The van der Waals surface area contributed by atoms with Gasteiger partial charge in [-0.15, -0.1) is 0 Å². The summed E-state index contributed by atoms with van der Waals surface area (Å²) in [5.41, 5.74) is 1.13. The molecule has 0 aromatic heterocycles. The molecule has 148 valence electrons. The van der Waals surface area contributed by atoms with Crippen molar-refractivity contribution < 1.29 is 18.4 Å². The molecular weight excluding hydrogens is 362 g/mol. The highest BCUT2D eigenvalue weighted by Gasteiger charge is 2.21. The third kappa shape index (κ3) is 5.45. The van der Waals surface area contributed by atoms with Crippen molar-refractivity contribution in [1.29, 1.82) is 0 Å². The van der Waals surface area contributed by atoms with Crippen molar-refractivity contribution in [3.8, 4) is 0 Å². The zero-order chi connectivity index (χ0) is 19.9. The predicted octanol–water partition coefficient (Wildman–Crippen LogP) is 3.31. The molecule has 0 atom stereocenters. The van der Waals surface area contributed by atoms with E-state index in [2.05, 4.69) is 4.90 Å². The van der Waals surface area contributed by atoms with Gasteiger partial charge in [0.15, 0.2) is 5.78 Å². The molecule has 1 aliphatic heterocycles. The first-order valence-electron chi connectivity index (χ1n) is 9.55. The Balaban J connectivity index is 1.39. The minimum Gasteiger partial charge on any atom is -0.340 e. The van der Waals surface area contributed by atoms with Crippen LogP contribution in [0.15, 0.2) is 48.5 Å². The molecule has 2 aromatic carbocycles. The lowest BCUT2D eigenvalue weighted by molar-refractivity contribution is -0.132. The summed E-state index contributed by atoms with van der Waals surface area (Å²) in [5, 5.41) is 0. The fourth-order valence-electron chi connectivity index (χ4n) is 3.36. The maximum Gasteiger partial charge on any atom is 0.223 e. The van der Waals surface area contributed by atoms with Crippen LogP contribution in [0.1, 0.15) is 28.8 Å². The van der Waals surface area contributed by atoms with Gasteiger partial charge < -0.3 is 4.90 Å². The Morgan fingerprint density at radius 1 is 0.857 bits per heavy atom. The highest BCUT2D eigenvalue weighted by atomic mass is 19.1. The molecule has 0 radical (unpaired) electrons. The minimum atomic E-state index is -0.388. The number of halogens is 2. The number of rotatable bonds is 7. The molecule has 1 heterocycles. The van der Waals surface area contributed by atoms with Crippen LogP contribution in [0, 0.1) is 11.6 Å². The third-order valence-corrected chi connectivity index (χ3v) is 5.11. The molecule has 6 heteroatoms. The number of benzene rings is 2. The smallest absolute Gasteiger partial charge is 0.223 e. The second-order valence-corrected chi connectivity index (χ2v) is 6.99. The van der Waals surface area contributed by atoms with Crippen LogP contribution in [-0.4, -0.2) is 54.2 Å². The van der Waals surface area contributed by atoms with E-state index in [1.807, 2.05) is 6.07 Å². The van der Waals surface area contributed by atoms with Crippen LogP contribution in [-0.2, 0) is 11.2 Å². The number of carbonyl (C=O) groups excluding carboxylic acids is 2. The summed E-state index contributed by atoms with van der Waals surface area (Å²) in [6, 6.07) is 12.2. The number of Topliss-reactive ketones (excluding diaryl/α,β-unsaturated/α-hetero) is 1. The molecule has 2 aromatic rings. The van der Waals surface area contributed by atoms with Crippen LogP contribution in [0.3, 0.4) is 0 Å². The number of hydrogen-bond acceptors (Lipinski definition) is 3. The molecule has 0 bridgehead atoms. The van der Waals surface area contributed by atoms with Gasteiger partial charge in [0.05, 0.1) is 0 Å². The van der Waals surface area contributed by atoms with Crippen molar-refractivity contribution >= 4 is 11.7 Å². The minimum absolute atomic E-state index is 0.0378. The van der Waals surface area contributed by atoms with Gasteiger partial charge in [-0.1, -0.05) is 18.2 Å². The SMILES string of the molecule is O=C(CCC(=O)N1CCN(CCc2ccccc2F)CC1)c1ccc(F)cc1. The molecule has 0 aliphatic carbocycles. The molecule has 1 amide bonds. The first kappa shape index (κ1) is 20.1. The molecule has 0 N–H and O–H groups in total. The molecule has 1 aliphatic rings. The monoisotopic (exact) mass is 386 g/mol. The maximum atomic E-state index is 13.7. The van der Waals surface area contributed by atoms with Crippen LogP contribution < -0.4 is 0 Å². The summed E-state index contributed by atoms with van der Waals surface area (Å²) >= 11 is 0. The van der Waals surface area contributed by atoms with Crippen molar-refractivity contribution in [3.05, 3.63) is 71.3 Å². The molecule has 1 fully saturated rings. The summed E-state index contributed by atoms with van der Waals surface area (Å²) < 4.78 is 26.6. The fourth-order valence-corrected chi connectivity index (χ4v) is 3.36. The van der Waals surface area contributed by atoms with Gasteiger partial charge >= 0.3 is 0 Å². The summed E-state index contributed by atoms with van der Waals surface area (Å²) in [5.74, 6) is -0.760. The molecule has 0 saturated carbocycles. The lowest BCUT2D eigenvalue weighted by atomic mass is 10.1. The molecule has 1 saturated heterocycles. The predicted molar refractivity (Wildman–Crippen MR) is 103 cm³/mol. The Bertz CT molecular complexity index is 816. The normalized spacial score (nSPS) is 14.9. The molecule has 28 heavy (non-hydrogen) atoms. The zero-order valence-corrected chi connectivity index (χ0v) is 15.7. The van der Waals surface area contributed by atoms with E-state index in [4.69, 9.17) is 0 Å². The average molecular weight is 386 g/mol. The lowest BCUT2D eigenvalue weighted by Gasteiger charge is -2.34. The first-order chi connectivity index (χ1) is 13.5. The van der Waals surface area contributed by atoms with Gasteiger partial charge in [-0.3, -0.25) is 14.5 Å². The van der Waals surface area contributed by atoms with Crippen molar-refractivity contribution in [2.45, 2.75) is 19.3 Å². The van der Waals surface area contributed by atoms with Crippen molar-refractivity contribution in [2.75, 3.05) is 32.7 Å². The van der Waals surface area contributed by atoms with Gasteiger partial charge in [-0.25, -0.2) is 8.78 Å². The maximum absolute atomic E-state index is 13.7. The summed E-state index contributed by atoms with van der Waals surface area (Å²) in [6.45, 7) is 3.46. The van der Waals surface area contributed by atoms with E-state index >= 15 is 0 Å². The number of hydrogen-bond donors (Lipinski definition) is 0. The molecule has 3 rings (SSSR count). The van der Waals surface area contributed by atoms with Gasteiger partial charge in [0.1, 0.15) is 11.6 Å². The van der Waals surface area contributed by atoms with Crippen molar-refractivity contribution in [2.24, 2.45) is 0 Å². The highest BCUT2D eigenvalue weighted by Crippen LogP contribution is 2.12. The van der Waals surface area contributed by atoms with E-state index in [1.54, 1.807) is 17.0 Å². The van der Waals surface area contributed by atoms with Crippen LogP contribution in [0.5, 0.6) is 0 Å². The van der Waals surface area contributed by atoms with Crippen LogP contribution in [0.2, 0.25) is 0 Å². The molecule has 0 spiro atoms. The summed E-state index contributed by atoms with van der Waals surface area (Å²) in [6.07, 6.45) is 0.927. The second kappa shape index (κ2) is 9.55. The third-order valence-electron chi connectivity index (χ3n) is 5.11. The number of ketones is 1. The average Bonchev–Trinajstić information content (AvgIpc) is 2.72. The Hall–Kier alpha value is -2.60. The van der Waals surface area contributed by atoms with Crippen molar-refractivity contribution in [1.82, 2.24) is 9.80 Å². The second-order valence-electron chi connectivity index (χ2n) is 6.99. The van der Waals surface area contributed by atoms with Gasteiger partial charge in [0.25, 0.3) is 0 Å². The van der Waals surface area contributed by atoms with Gasteiger partial charge in [-0.05, 0) is 42.3 Å². The van der Waals surface area contributed by atoms with E-state index in [0.29, 0.717) is 30.6 Å². The van der Waals surface area contributed by atoms with Crippen molar-refractivity contribution in [3.63, 3.8) is 0 Å². The number of piperazine rings is 1. The topological polar surface area (TPSA) is 40.6 Å². The molecular formula is C22H24F2N2O2. The van der Waals surface area contributed by atoms with E-state index in [-0.39, 0.29) is 36.2 Å². The Morgan fingerprint density at radius 3 is 2.21 bits per heavy atom. The largest absolute Gasteiger partial charge is 0.340 e. The summed E-state index contributed by atoms with van der Waals surface area (Å²) in [7, 11) is 0. The Labute approximate surface area is 163 Å². The zero-order valence-electron chi connectivity index (χ0n) is 15.7. The van der Waals surface area contributed by atoms with E-state index in [0.717, 1.165) is 19.6 Å². The number of nitrogens with zero attached hydrogens (tertiary/aromatic N) is 2. The van der Waals surface area contributed by atoms with E-state index in [1.165, 1.54) is 30.3 Å². The first-order valence-corrected chi connectivity index (χ1v) is 9.55. The Kier molecular flexibility index (Phi) is 6.87. The van der Waals surface area contributed by atoms with Crippen LogP contribution in [0.4, 0.5) is 8.78 Å².